The van der Waals surface area contributed by atoms with Crippen LogP contribution < -0.4 is 15.4 Å². The average Bonchev–Trinajstić information content (AvgIpc) is 2.46. The number of amides is 2. The van der Waals surface area contributed by atoms with Gasteiger partial charge in [0.05, 0.1) is 12.6 Å². The van der Waals surface area contributed by atoms with Crippen LogP contribution in [0.4, 0.5) is 4.79 Å². The third-order valence-corrected chi connectivity index (χ3v) is 3.21. The van der Waals surface area contributed by atoms with Crippen LogP contribution in [0, 0.1) is 0 Å². The second-order valence-corrected chi connectivity index (χ2v) is 5.11. The maximum Gasteiger partial charge on any atom is 0.315 e. The molecular formula is C16H26N2O3. The molecule has 0 radical (unpaired) electrons. The van der Waals surface area contributed by atoms with E-state index >= 15 is 0 Å². The van der Waals surface area contributed by atoms with Gasteiger partial charge in [-0.3, -0.25) is 0 Å². The maximum atomic E-state index is 11.9. The lowest BCUT2D eigenvalue weighted by Crippen LogP contribution is -2.41. The Hall–Kier alpha value is -1.75. The number of benzene rings is 1. The van der Waals surface area contributed by atoms with Gasteiger partial charge in [0.25, 0.3) is 0 Å². The zero-order valence-electron chi connectivity index (χ0n) is 13.1. The number of rotatable bonds is 8. The molecule has 0 saturated carbocycles. The highest BCUT2D eigenvalue weighted by Crippen LogP contribution is 2.17. The molecule has 0 saturated heterocycles. The SMILES string of the molecule is CCOc1ccc(C(C)NC(=O)NC(C)CCCO)cc1. The summed E-state index contributed by atoms with van der Waals surface area (Å²) in [6.45, 7) is 6.60. The number of nitrogens with one attached hydrogen (secondary N) is 2. The van der Waals surface area contributed by atoms with E-state index in [-0.39, 0.29) is 24.7 Å². The minimum Gasteiger partial charge on any atom is -0.494 e. The van der Waals surface area contributed by atoms with Crippen LogP contribution in [0.1, 0.15) is 45.2 Å². The predicted molar refractivity (Wildman–Crippen MR) is 83.5 cm³/mol. The Morgan fingerprint density at radius 3 is 2.48 bits per heavy atom. The third kappa shape index (κ3) is 6.49. The molecule has 0 aromatic heterocycles. The van der Waals surface area contributed by atoms with Crippen LogP contribution in [0.25, 0.3) is 0 Å². The van der Waals surface area contributed by atoms with Gasteiger partial charge in [-0.15, -0.1) is 0 Å². The van der Waals surface area contributed by atoms with E-state index in [1.54, 1.807) is 0 Å². The molecule has 3 N–H and O–H groups in total. The standard InChI is InChI=1S/C16H26N2O3/c1-4-21-15-9-7-14(8-10-15)13(3)18-16(20)17-12(2)6-5-11-19/h7-10,12-13,19H,4-6,11H2,1-3H3,(H2,17,18,20). The molecule has 5 heteroatoms. The molecule has 0 aliphatic heterocycles. The zero-order chi connectivity index (χ0) is 15.7. The summed E-state index contributed by atoms with van der Waals surface area (Å²) >= 11 is 0. The molecule has 2 atom stereocenters. The lowest BCUT2D eigenvalue weighted by Gasteiger charge is -2.18. The van der Waals surface area contributed by atoms with Crippen LogP contribution in [0.2, 0.25) is 0 Å². The molecule has 21 heavy (non-hydrogen) atoms. The minimum atomic E-state index is -0.193. The van der Waals surface area contributed by atoms with Crippen LogP contribution in [-0.4, -0.2) is 30.4 Å². The second kappa shape index (κ2) is 9.23. The fraction of sp³-hybridized carbons (Fsp3) is 0.562. The summed E-state index contributed by atoms with van der Waals surface area (Å²) in [6.07, 6.45) is 1.46. The van der Waals surface area contributed by atoms with Gasteiger partial charge in [-0.1, -0.05) is 12.1 Å². The second-order valence-electron chi connectivity index (χ2n) is 5.11. The monoisotopic (exact) mass is 294 g/mol. The summed E-state index contributed by atoms with van der Waals surface area (Å²) in [4.78, 5) is 11.9. The first-order chi connectivity index (χ1) is 10.1. The van der Waals surface area contributed by atoms with Crippen molar-refractivity contribution in [1.82, 2.24) is 10.6 Å². The molecule has 118 valence electrons. The van der Waals surface area contributed by atoms with E-state index in [1.165, 1.54) is 0 Å². The quantitative estimate of drug-likeness (QED) is 0.690. The number of aliphatic hydroxyl groups is 1. The first-order valence-electron chi connectivity index (χ1n) is 7.47. The Bertz CT molecular complexity index is 420. The van der Waals surface area contributed by atoms with Crippen LogP contribution in [0.15, 0.2) is 24.3 Å². The van der Waals surface area contributed by atoms with Crippen LogP contribution in [-0.2, 0) is 0 Å². The van der Waals surface area contributed by atoms with Crippen molar-refractivity contribution in [2.24, 2.45) is 0 Å². The highest BCUT2D eigenvalue weighted by atomic mass is 16.5. The third-order valence-electron chi connectivity index (χ3n) is 3.21. The number of hydrogen-bond acceptors (Lipinski definition) is 3. The van der Waals surface area contributed by atoms with E-state index in [1.807, 2.05) is 45.0 Å². The minimum absolute atomic E-state index is 0.0460. The number of ether oxygens (including phenoxy) is 1. The average molecular weight is 294 g/mol. The fourth-order valence-electron chi connectivity index (χ4n) is 2.03. The molecule has 2 unspecified atom stereocenters. The van der Waals surface area contributed by atoms with E-state index < -0.39 is 0 Å². The van der Waals surface area contributed by atoms with Crippen LogP contribution >= 0.6 is 0 Å². The predicted octanol–water partition coefficient (Wildman–Crippen LogP) is 2.61. The molecule has 0 heterocycles. The van der Waals surface area contributed by atoms with Crippen molar-refractivity contribution in [3.63, 3.8) is 0 Å². The number of hydrogen-bond donors (Lipinski definition) is 3. The van der Waals surface area contributed by atoms with Crippen molar-refractivity contribution in [3.8, 4) is 5.75 Å². The molecule has 1 aromatic carbocycles. The van der Waals surface area contributed by atoms with Crippen molar-refractivity contribution in [2.45, 2.75) is 45.7 Å². The van der Waals surface area contributed by atoms with E-state index in [4.69, 9.17) is 9.84 Å². The first kappa shape index (κ1) is 17.3. The van der Waals surface area contributed by atoms with Crippen molar-refractivity contribution in [2.75, 3.05) is 13.2 Å². The molecule has 1 rings (SSSR count). The maximum absolute atomic E-state index is 11.9. The van der Waals surface area contributed by atoms with Gasteiger partial charge in [0.1, 0.15) is 5.75 Å². The Kier molecular flexibility index (Phi) is 7.61. The molecule has 0 bridgehead atoms. The van der Waals surface area contributed by atoms with Gasteiger partial charge in [-0.2, -0.15) is 0 Å². The summed E-state index contributed by atoms with van der Waals surface area (Å²) in [5.74, 6) is 0.829. The van der Waals surface area contributed by atoms with Gasteiger partial charge in [-0.05, 0) is 51.3 Å². The summed E-state index contributed by atoms with van der Waals surface area (Å²) in [7, 11) is 0. The first-order valence-corrected chi connectivity index (χ1v) is 7.47. The Balaban J connectivity index is 2.44. The summed E-state index contributed by atoms with van der Waals surface area (Å²) in [5.41, 5.74) is 1.02. The Labute approximate surface area is 126 Å². The van der Waals surface area contributed by atoms with E-state index in [2.05, 4.69) is 10.6 Å². The largest absolute Gasteiger partial charge is 0.494 e. The molecule has 2 amide bonds. The van der Waals surface area contributed by atoms with Crippen LogP contribution in [0.3, 0.4) is 0 Å². The highest BCUT2D eigenvalue weighted by molar-refractivity contribution is 5.74. The normalized spacial score (nSPS) is 13.3. The number of carbonyl (C=O) groups excluding carboxylic acids is 1. The molecule has 0 aliphatic carbocycles. The zero-order valence-corrected chi connectivity index (χ0v) is 13.1. The van der Waals surface area contributed by atoms with Gasteiger partial charge in [-0.25, -0.2) is 4.79 Å². The van der Waals surface area contributed by atoms with Gasteiger partial charge in [0, 0.05) is 12.6 Å². The Morgan fingerprint density at radius 1 is 1.24 bits per heavy atom. The number of carbonyl (C=O) groups is 1. The van der Waals surface area contributed by atoms with Gasteiger partial charge in [0.15, 0.2) is 0 Å². The van der Waals surface area contributed by atoms with E-state index in [0.717, 1.165) is 17.7 Å². The fourth-order valence-corrected chi connectivity index (χ4v) is 2.03. The van der Waals surface area contributed by atoms with Gasteiger partial charge < -0.3 is 20.5 Å². The van der Waals surface area contributed by atoms with Crippen LogP contribution in [0.5, 0.6) is 5.75 Å². The molecule has 0 spiro atoms. The van der Waals surface area contributed by atoms with Crippen molar-refractivity contribution >= 4 is 6.03 Å². The Morgan fingerprint density at radius 2 is 1.90 bits per heavy atom. The summed E-state index contributed by atoms with van der Waals surface area (Å²) in [5, 5.41) is 14.5. The smallest absolute Gasteiger partial charge is 0.315 e. The lowest BCUT2D eigenvalue weighted by molar-refractivity contribution is 0.231. The van der Waals surface area contributed by atoms with Crippen molar-refractivity contribution < 1.29 is 14.6 Å². The number of aliphatic hydroxyl groups excluding tert-OH is 1. The molecular weight excluding hydrogens is 268 g/mol. The topological polar surface area (TPSA) is 70.6 Å². The molecule has 5 nitrogen and oxygen atoms in total. The highest BCUT2D eigenvalue weighted by Gasteiger charge is 2.11. The van der Waals surface area contributed by atoms with Gasteiger partial charge in [0.2, 0.25) is 0 Å². The summed E-state index contributed by atoms with van der Waals surface area (Å²) < 4.78 is 5.39. The lowest BCUT2D eigenvalue weighted by atomic mass is 10.1. The van der Waals surface area contributed by atoms with E-state index in [0.29, 0.717) is 13.0 Å². The molecule has 1 aromatic rings. The van der Waals surface area contributed by atoms with Crippen molar-refractivity contribution in [3.05, 3.63) is 29.8 Å². The molecule has 0 fully saturated rings. The summed E-state index contributed by atoms with van der Waals surface area (Å²) in [6, 6.07) is 7.48. The molecule has 0 aliphatic rings. The number of urea groups is 1. The van der Waals surface area contributed by atoms with Gasteiger partial charge >= 0.3 is 6.03 Å². The van der Waals surface area contributed by atoms with Crippen molar-refractivity contribution in [1.29, 1.82) is 0 Å². The van der Waals surface area contributed by atoms with E-state index in [9.17, 15) is 4.79 Å².